The van der Waals surface area contributed by atoms with Crippen molar-refractivity contribution in [2.45, 2.75) is 0 Å². The maximum absolute atomic E-state index is 12.4. The van der Waals surface area contributed by atoms with E-state index in [4.69, 9.17) is 11.6 Å². The van der Waals surface area contributed by atoms with E-state index in [1.54, 1.807) is 17.3 Å². The van der Waals surface area contributed by atoms with Gasteiger partial charge in [-0.05, 0) is 23.8 Å². The van der Waals surface area contributed by atoms with Crippen LogP contribution in [-0.4, -0.2) is 35.5 Å². The molecule has 1 saturated heterocycles. The lowest BCUT2D eigenvalue weighted by molar-refractivity contribution is 0.225. The molecule has 0 bridgehead atoms. The van der Waals surface area contributed by atoms with Crippen LogP contribution >= 0.6 is 11.6 Å². The Morgan fingerprint density at radius 1 is 1.12 bits per heavy atom. The first kappa shape index (κ1) is 16.3. The minimum absolute atomic E-state index is 0.0164. The highest BCUT2D eigenvalue weighted by atomic mass is 35.5. The highest BCUT2D eigenvalue weighted by Gasteiger charge is 2.28. The van der Waals surface area contributed by atoms with Crippen LogP contribution < -0.4 is 4.90 Å². The average Bonchev–Trinajstić information content (AvgIpc) is 2.98. The highest BCUT2D eigenvalue weighted by molar-refractivity contribution is 6.32. The van der Waals surface area contributed by atoms with Crippen molar-refractivity contribution in [3.8, 4) is 0 Å². The number of hydrogen-bond donors (Lipinski definition) is 0. The fraction of sp³-hybridized carbons (Fsp3) is 0.158. The van der Waals surface area contributed by atoms with Crippen LogP contribution in [0.2, 0.25) is 5.02 Å². The molecule has 0 N–H and O–H groups in total. The van der Waals surface area contributed by atoms with Gasteiger partial charge < -0.3 is 4.90 Å². The second kappa shape index (κ2) is 7.79. The summed E-state index contributed by atoms with van der Waals surface area (Å²) in [7, 11) is 0. The van der Waals surface area contributed by atoms with Crippen molar-refractivity contribution in [3.05, 3.63) is 77.6 Å². The maximum atomic E-state index is 12.4. The minimum atomic E-state index is 0.0164. The molecule has 1 aromatic heterocycles. The van der Waals surface area contributed by atoms with E-state index in [9.17, 15) is 4.79 Å². The number of pyridine rings is 1. The zero-order valence-corrected chi connectivity index (χ0v) is 13.9. The Morgan fingerprint density at radius 3 is 2.79 bits per heavy atom. The van der Waals surface area contributed by atoms with Crippen LogP contribution in [0.5, 0.6) is 0 Å². The standard InChI is InChI=1S/C19H18ClN3O/c20-18-10-4-3-8-16(18)7-2-1-5-12-22-13-14-23(19(22)24)17-9-6-11-21-15-17/h1-11,15H,12-14H2. The van der Waals surface area contributed by atoms with Gasteiger partial charge in [-0.15, -0.1) is 0 Å². The molecule has 2 heterocycles. The predicted molar refractivity (Wildman–Crippen MR) is 98.2 cm³/mol. The van der Waals surface area contributed by atoms with Crippen molar-refractivity contribution in [2.75, 3.05) is 24.5 Å². The third-order valence-electron chi connectivity index (χ3n) is 3.81. The molecule has 24 heavy (non-hydrogen) atoms. The van der Waals surface area contributed by atoms with Gasteiger partial charge in [-0.1, -0.05) is 54.1 Å². The third-order valence-corrected chi connectivity index (χ3v) is 4.15. The summed E-state index contributed by atoms with van der Waals surface area (Å²) >= 11 is 6.10. The molecule has 2 amide bonds. The molecule has 0 spiro atoms. The predicted octanol–water partition coefficient (Wildman–Crippen LogP) is 4.25. The molecule has 0 unspecified atom stereocenters. The summed E-state index contributed by atoms with van der Waals surface area (Å²) in [5.41, 5.74) is 1.82. The van der Waals surface area contributed by atoms with Gasteiger partial charge in [0.25, 0.3) is 0 Å². The van der Waals surface area contributed by atoms with Crippen LogP contribution in [0.25, 0.3) is 6.08 Å². The number of amides is 2. The van der Waals surface area contributed by atoms with Crippen molar-refractivity contribution in [2.24, 2.45) is 0 Å². The number of carbonyl (C=O) groups is 1. The van der Waals surface area contributed by atoms with Crippen molar-refractivity contribution in [1.82, 2.24) is 9.88 Å². The topological polar surface area (TPSA) is 36.4 Å². The number of nitrogens with zero attached hydrogens (tertiary/aromatic N) is 3. The van der Waals surface area contributed by atoms with Crippen LogP contribution in [0.3, 0.4) is 0 Å². The first-order valence-corrected chi connectivity index (χ1v) is 8.18. The smallest absolute Gasteiger partial charge is 0.319 e. The summed E-state index contributed by atoms with van der Waals surface area (Å²) < 4.78 is 0. The van der Waals surface area contributed by atoms with E-state index in [0.717, 1.165) is 16.3 Å². The Kier molecular flexibility index (Phi) is 5.29. The zero-order chi connectivity index (χ0) is 16.8. The monoisotopic (exact) mass is 339 g/mol. The summed E-state index contributed by atoms with van der Waals surface area (Å²) in [6.07, 6.45) is 11.2. The maximum Gasteiger partial charge on any atom is 0.324 e. The second-order valence-electron chi connectivity index (χ2n) is 5.40. The number of carbonyl (C=O) groups excluding carboxylic acids is 1. The molecule has 0 atom stereocenters. The zero-order valence-electron chi connectivity index (χ0n) is 13.2. The molecule has 0 radical (unpaired) electrons. The minimum Gasteiger partial charge on any atom is -0.319 e. The first-order chi connectivity index (χ1) is 11.8. The fourth-order valence-corrected chi connectivity index (χ4v) is 2.74. The van der Waals surface area contributed by atoms with E-state index in [-0.39, 0.29) is 6.03 Å². The molecular formula is C19H18ClN3O. The van der Waals surface area contributed by atoms with Gasteiger partial charge in [0, 0.05) is 30.9 Å². The van der Waals surface area contributed by atoms with Gasteiger partial charge in [0.2, 0.25) is 0 Å². The van der Waals surface area contributed by atoms with Gasteiger partial charge in [-0.2, -0.15) is 0 Å². The van der Waals surface area contributed by atoms with E-state index in [1.807, 2.05) is 65.6 Å². The molecule has 4 nitrogen and oxygen atoms in total. The third kappa shape index (κ3) is 3.84. The lowest BCUT2D eigenvalue weighted by Gasteiger charge is -2.16. The largest absolute Gasteiger partial charge is 0.324 e. The molecule has 5 heteroatoms. The summed E-state index contributed by atoms with van der Waals surface area (Å²) in [5, 5.41) is 0.726. The SMILES string of the molecule is O=C1N(CC=CC=Cc2ccccc2Cl)CCN1c1cccnc1. The van der Waals surface area contributed by atoms with Gasteiger partial charge in [0.05, 0.1) is 11.9 Å². The number of allylic oxidation sites excluding steroid dienone is 2. The molecule has 122 valence electrons. The Labute approximate surface area is 146 Å². The lowest BCUT2D eigenvalue weighted by Crippen LogP contribution is -2.31. The van der Waals surface area contributed by atoms with E-state index >= 15 is 0 Å². The normalized spacial score (nSPS) is 15.1. The number of rotatable bonds is 5. The fourth-order valence-electron chi connectivity index (χ4n) is 2.54. The quantitative estimate of drug-likeness (QED) is 0.764. The highest BCUT2D eigenvalue weighted by Crippen LogP contribution is 2.19. The number of benzene rings is 1. The number of anilines is 1. The van der Waals surface area contributed by atoms with Gasteiger partial charge in [0.1, 0.15) is 0 Å². The average molecular weight is 340 g/mol. The number of urea groups is 1. The van der Waals surface area contributed by atoms with Crippen molar-refractivity contribution in [3.63, 3.8) is 0 Å². The summed E-state index contributed by atoms with van der Waals surface area (Å²) in [6.45, 7) is 1.99. The van der Waals surface area contributed by atoms with Gasteiger partial charge in [-0.25, -0.2) is 4.79 Å². The van der Waals surface area contributed by atoms with Gasteiger partial charge >= 0.3 is 6.03 Å². The molecule has 1 aromatic carbocycles. The summed E-state index contributed by atoms with van der Waals surface area (Å²) in [6, 6.07) is 11.4. The van der Waals surface area contributed by atoms with Crippen molar-refractivity contribution in [1.29, 1.82) is 0 Å². The summed E-state index contributed by atoms with van der Waals surface area (Å²) in [4.78, 5) is 20.0. The Balaban J connectivity index is 1.54. The van der Waals surface area contributed by atoms with Crippen molar-refractivity contribution >= 4 is 29.4 Å². The Hall–Kier alpha value is -2.59. The van der Waals surface area contributed by atoms with Crippen LogP contribution in [0, 0.1) is 0 Å². The van der Waals surface area contributed by atoms with E-state index in [2.05, 4.69) is 4.98 Å². The lowest BCUT2D eigenvalue weighted by atomic mass is 10.2. The molecular weight excluding hydrogens is 322 g/mol. The van der Waals surface area contributed by atoms with Crippen LogP contribution in [0.4, 0.5) is 10.5 Å². The molecule has 2 aromatic rings. The van der Waals surface area contributed by atoms with E-state index in [0.29, 0.717) is 19.6 Å². The Bertz CT molecular complexity index is 758. The first-order valence-electron chi connectivity index (χ1n) is 7.80. The molecule has 1 fully saturated rings. The second-order valence-corrected chi connectivity index (χ2v) is 5.81. The van der Waals surface area contributed by atoms with Crippen LogP contribution in [0.1, 0.15) is 5.56 Å². The molecule has 1 aliphatic rings. The van der Waals surface area contributed by atoms with E-state index < -0.39 is 0 Å². The van der Waals surface area contributed by atoms with Crippen LogP contribution in [-0.2, 0) is 0 Å². The number of halogens is 1. The van der Waals surface area contributed by atoms with E-state index in [1.165, 1.54) is 0 Å². The number of hydrogen-bond acceptors (Lipinski definition) is 2. The molecule has 0 aliphatic carbocycles. The molecule has 3 rings (SSSR count). The summed E-state index contributed by atoms with van der Waals surface area (Å²) in [5.74, 6) is 0. The number of aromatic nitrogens is 1. The van der Waals surface area contributed by atoms with Gasteiger partial charge in [-0.3, -0.25) is 9.88 Å². The van der Waals surface area contributed by atoms with Gasteiger partial charge in [0.15, 0.2) is 0 Å². The van der Waals surface area contributed by atoms with Crippen molar-refractivity contribution < 1.29 is 4.79 Å². The Morgan fingerprint density at radius 2 is 2.00 bits per heavy atom. The van der Waals surface area contributed by atoms with Crippen LogP contribution in [0.15, 0.2) is 67.0 Å². The molecule has 1 aliphatic heterocycles. The molecule has 0 saturated carbocycles.